The third kappa shape index (κ3) is 4.50. The van der Waals surface area contributed by atoms with E-state index in [1.54, 1.807) is 36.4 Å². The number of rotatable bonds is 7. The summed E-state index contributed by atoms with van der Waals surface area (Å²) < 4.78 is 50.0. The lowest BCUT2D eigenvalue weighted by Gasteiger charge is -2.38. The summed E-state index contributed by atoms with van der Waals surface area (Å²) in [5.41, 5.74) is -4.38. The zero-order valence-corrected chi connectivity index (χ0v) is 16.2. The summed E-state index contributed by atoms with van der Waals surface area (Å²) >= 11 is 0. The summed E-state index contributed by atoms with van der Waals surface area (Å²) in [5, 5.41) is 21.3. The van der Waals surface area contributed by atoms with Crippen molar-refractivity contribution in [3.05, 3.63) is 60.7 Å². The predicted octanol–water partition coefficient (Wildman–Crippen LogP) is 1.44. The van der Waals surface area contributed by atoms with Gasteiger partial charge in [-0.1, -0.05) is 36.4 Å². The standard InChI is InChI=1S/C18H22O6S2/c1-17(19,13-25(21,22)15-9-5-3-6-10-15)18(2,20)14-26(23,24)16-11-7-4-8-12-16/h3-12,19-20H,13-14H2,1-2H3. The molecule has 0 aromatic heterocycles. The molecular weight excluding hydrogens is 376 g/mol. The fraction of sp³-hybridized carbons (Fsp3) is 0.333. The quantitative estimate of drug-likeness (QED) is 0.730. The van der Waals surface area contributed by atoms with E-state index >= 15 is 0 Å². The average Bonchev–Trinajstić information content (AvgIpc) is 2.54. The van der Waals surface area contributed by atoms with E-state index < -0.39 is 42.4 Å². The van der Waals surface area contributed by atoms with Crippen LogP contribution in [0.2, 0.25) is 0 Å². The van der Waals surface area contributed by atoms with Gasteiger partial charge in [-0.15, -0.1) is 0 Å². The molecule has 2 rings (SSSR count). The van der Waals surface area contributed by atoms with Crippen molar-refractivity contribution in [3.8, 4) is 0 Å². The molecule has 26 heavy (non-hydrogen) atoms. The Labute approximate surface area is 154 Å². The number of hydrogen-bond donors (Lipinski definition) is 2. The summed E-state index contributed by atoms with van der Waals surface area (Å²) in [4.78, 5) is -0.0241. The topological polar surface area (TPSA) is 109 Å². The molecule has 2 aromatic carbocycles. The smallest absolute Gasteiger partial charge is 0.181 e. The zero-order valence-electron chi connectivity index (χ0n) is 14.5. The fourth-order valence-electron chi connectivity index (χ4n) is 2.47. The summed E-state index contributed by atoms with van der Waals surface area (Å²) in [6.45, 7) is 2.24. The molecule has 0 aliphatic rings. The molecular formula is C18H22O6S2. The molecule has 0 saturated heterocycles. The second-order valence-electron chi connectivity index (χ2n) is 6.69. The van der Waals surface area contributed by atoms with Crippen molar-refractivity contribution in [2.45, 2.75) is 34.8 Å². The van der Waals surface area contributed by atoms with Crippen molar-refractivity contribution in [3.63, 3.8) is 0 Å². The maximum absolute atomic E-state index is 12.5. The highest BCUT2D eigenvalue weighted by atomic mass is 32.2. The van der Waals surface area contributed by atoms with Crippen molar-refractivity contribution in [2.24, 2.45) is 0 Å². The van der Waals surface area contributed by atoms with Crippen LogP contribution in [-0.2, 0) is 19.7 Å². The summed E-state index contributed by atoms with van der Waals surface area (Å²) in [6, 6.07) is 15.0. The molecule has 2 unspecified atom stereocenters. The highest BCUT2D eigenvalue weighted by Gasteiger charge is 2.48. The van der Waals surface area contributed by atoms with E-state index in [4.69, 9.17) is 0 Å². The van der Waals surface area contributed by atoms with Crippen LogP contribution in [-0.4, -0.2) is 49.8 Å². The van der Waals surface area contributed by atoms with Crippen LogP contribution in [0.5, 0.6) is 0 Å². The van der Waals surface area contributed by atoms with Crippen molar-refractivity contribution >= 4 is 19.7 Å². The summed E-state index contributed by atoms with van der Waals surface area (Å²) in [7, 11) is -7.85. The van der Waals surface area contributed by atoms with E-state index in [1.165, 1.54) is 24.3 Å². The van der Waals surface area contributed by atoms with Gasteiger partial charge in [0.25, 0.3) is 0 Å². The Morgan fingerprint density at radius 2 is 0.923 bits per heavy atom. The molecule has 0 heterocycles. The zero-order chi connectivity index (χ0) is 19.6. The van der Waals surface area contributed by atoms with E-state index in [9.17, 15) is 27.0 Å². The van der Waals surface area contributed by atoms with E-state index in [0.29, 0.717) is 0 Å². The third-order valence-electron chi connectivity index (χ3n) is 4.31. The molecule has 0 radical (unpaired) electrons. The first kappa shape index (κ1) is 20.6. The molecule has 2 N–H and O–H groups in total. The minimum absolute atomic E-state index is 0.0120. The molecule has 0 spiro atoms. The van der Waals surface area contributed by atoms with Gasteiger partial charge in [0.1, 0.15) is 11.2 Å². The van der Waals surface area contributed by atoms with Crippen molar-refractivity contribution in [2.75, 3.05) is 11.5 Å². The van der Waals surface area contributed by atoms with Gasteiger partial charge in [-0.2, -0.15) is 0 Å². The molecule has 0 saturated carbocycles. The van der Waals surface area contributed by atoms with Gasteiger partial charge in [0, 0.05) is 0 Å². The largest absolute Gasteiger partial charge is 0.386 e. The maximum atomic E-state index is 12.5. The van der Waals surface area contributed by atoms with Crippen LogP contribution in [0.1, 0.15) is 13.8 Å². The van der Waals surface area contributed by atoms with Gasteiger partial charge in [-0.05, 0) is 38.1 Å². The van der Waals surface area contributed by atoms with Crippen LogP contribution < -0.4 is 0 Å². The second-order valence-corrected chi connectivity index (χ2v) is 10.7. The molecule has 0 bridgehead atoms. The molecule has 0 aliphatic carbocycles. The Hall–Kier alpha value is -1.74. The molecule has 0 amide bonds. The number of benzene rings is 2. The van der Waals surface area contributed by atoms with Gasteiger partial charge in [0.15, 0.2) is 19.7 Å². The van der Waals surface area contributed by atoms with Gasteiger partial charge in [-0.3, -0.25) is 0 Å². The number of hydrogen-bond acceptors (Lipinski definition) is 6. The first-order chi connectivity index (χ1) is 11.9. The number of sulfone groups is 2. The van der Waals surface area contributed by atoms with E-state index in [-0.39, 0.29) is 9.79 Å². The maximum Gasteiger partial charge on any atom is 0.181 e. The Kier molecular flexibility index (Phi) is 5.63. The minimum atomic E-state index is -3.93. The van der Waals surface area contributed by atoms with Gasteiger partial charge < -0.3 is 10.2 Å². The van der Waals surface area contributed by atoms with E-state index in [0.717, 1.165) is 13.8 Å². The lowest BCUT2D eigenvalue weighted by molar-refractivity contribution is -0.102. The molecule has 2 atom stereocenters. The highest BCUT2D eigenvalue weighted by Crippen LogP contribution is 2.29. The van der Waals surface area contributed by atoms with Crippen LogP contribution in [0, 0.1) is 0 Å². The van der Waals surface area contributed by atoms with Crippen molar-refractivity contribution in [1.82, 2.24) is 0 Å². The van der Waals surface area contributed by atoms with Crippen molar-refractivity contribution in [1.29, 1.82) is 0 Å². The third-order valence-corrected chi connectivity index (χ3v) is 8.17. The molecule has 2 aromatic rings. The summed E-state index contributed by atoms with van der Waals surface area (Å²) in [6.07, 6.45) is 0. The van der Waals surface area contributed by atoms with Crippen LogP contribution in [0.4, 0.5) is 0 Å². The monoisotopic (exact) mass is 398 g/mol. The molecule has 8 heteroatoms. The number of aliphatic hydroxyl groups is 2. The molecule has 0 fully saturated rings. The van der Waals surface area contributed by atoms with Gasteiger partial charge in [0.2, 0.25) is 0 Å². The Balaban J connectivity index is 2.29. The normalized spacial score (nSPS) is 17.2. The first-order valence-corrected chi connectivity index (χ1v) is 11.2. The van der Waals surface area contributed by atoms with Crippen LogP contribution >= 0.6 is 0 Å². The van der Waals surface area contributed by atoms with Gasteiger partial charge in [0.05, 0.1) is 21.3 Å². The Morgan fingerprint density at radius 3 is 1.19 bits per heavy atom. The van der Waals surface area contributed by atoms with Gasteiger partial charge in [-0.25, -0.2) is 16.8 Å². The molecule has 142 valence electrons. The lowest BCUT2D eigenvalue weighted by Crippen LogP contribution is -2.57. The molecule has 6 nitrogen and oxygen atoms in total. The van der Waals surface area contributed by atoms with Crippen LogP contribution in [0.3, 0.4) is 0 Å². The minimum Gasteiger partial charge on any atom is -0.386 e. The van der Waals surface area contributed by atoms with E-state index in [2.05, 4.69) is 0 Å². The van der Waals surface area contributed by atoms with Gasteiger partial charge >= 0.3 is 0 Å². The second kappa shape index (κ2) is 7.11. The highest BCUT2D eigenvalue weighted by molar-refractivity contribution is 7.92. The van der Waals surface area contributed by atoms with Crippen LogP contribution in [0.25, 0.3) is 0 Å². The lowest BCUT2D eigenvalue weighted by atomic mass is 9.89. The fourth-order valence-corrected chi connectivity index (χ4v) is 6.05. The van der Waals surface area contributed by atoms with Crippen molar-refractivity contribution < 1.29 is 27.0 Å². The SMILES string of the molecule is CC(O)(CS(=O)(=O)c1ccccc1)C(C)(O)CS(=O)(=O)c1ccccc1. The van der Waals surface area contributed by atoms with E-state index in [1.807, 2.05) is 0 Å². The van der Waals surface area contributed by atoms with Crippen LogP contribution in [0.15, 0.2) is 70.5 Å². The average molecular weight is 399 g/mol. The predicted molar refractivity (Wildman–Crippen MR) is 98.2 cm³/mol. The Bertz CT molecular complexity index is 866. The first-order valence-electron chi connectivity index (χ1n) is 7.88. The molecule has 0 aliphatic heterocycles. The Morgan fingerprint density at radius 1 is 0.654 bits per heavy atom. The summed E-state index contributed by atoms with van der Waals surface area (Å²) in [5.74, 6) is -1.64.